The summed E-state index contributed by atoms with van der Waals surface area (Å²) in [5.41, 5.74) is 0.609. The van der Waals surface area contributed by atoms with E-state index >= 15 is 0 Å². The third kappa shape index (κ3) is 3.64. The summed E-state index contributed by atoms with van der Waals surface area (Å²) in [6, 6.07) is 5.93. The Balaban J connectivity index is 2.76. The molecule has 1 unspecified atom stereocenters. The number of hydrogen-bond acceptors (Lipinski definition) is 5. The number of hydrogen-bond donors (Lipinski definition) is 3. The number of benzene rings is 1. The van der Waals surface area contributed by atoms with E-state index in [2.05, 4.69) is 5.32 Å². The van der Waals surface area contributed by atoms with E-state index in [4.69, 9.17) is 15.1 Å². The molecule has 96 valence electrons. The lowest BCUT2D eigenvalue weighted by molar-refractivity contribution is -0.136. The zero-order valence-corrected chi connectivity index (χ0v) is 9.88. The van der Waals surface area contributed by atoms with Gasteiger partial charge in [-0.15, -0.1) is 0 Å². The third-order valence-electron chi connectivity index (χ3n) is 2.35. The number of phenolic OH excluding ortho intramolecular Hbond substituents is 1. The fraction of sp³-hybridized carbons (Fsp3) is 0.333. The Morgan fingerprint density at radius 2 is 2.33 bits per heavy atom. The van der Waals surface area contributed by atoms with Gasteiger partial charge in [-0.1, -0.05) is 6.07 Å². The number of aliphatic carboxylic acids is 1. The van der Waals surface area contributed by atoms with Crippen molar-refractivity contribution in [3.05, 3.63) is 23.8 Å². The predicted octanol–water partition coefficient (Wildman–Crippen LogP) is 1.03. The molecule has 0 aliphatic heterocycles. The van der Waals surface area contributed by atoms with E-state index in [1.807, 2.05) is 6.07 Å². The highest BCUT2D eigenvalue weighted by molar-refractivity contribution is 5.66. The number of phenols is 1. The van der Waals surface area contributed by atoms with Crippen LogP contribution in [-0.4, -0.2) is 29.8 Å². The van der Waals surface area contributed by atoms with Crippen molar-refractivity contribution in [3.8, 4) is 17.6 Å². The van der Waals surface area contributed by atoms with Crippen molar-refractivity contribution < 1.29 is 19.7 Å². The second kappa shape index (κ2) is 6.47. The second-order valence-corrected chi connectivity index (χ2v) is 3.59. The lowest BCUT2D eigenvalue weighted by Gasteiger charge is -2.12. The van der Waals surface area contributed by atoms with Crippen molar-refractivity contribution in [3.63, 3.8) is 0 Å². The number of carbonyl (C=O) groups is 1. The maximum absolute atomic E-state index is 10.4. The van der Waals surface area contributed by atoms with Crippen molar-refractivity contribution in [2.75, 3.05) is 13.7 Å². The lowest BCUT2D eigenvalue weighted by Crippen LogP contribution is -2.23. The minimum absolute atomic E-state index is 0.0107. The first kappa shape index (κ1) is 13.8. The van der Waals surface area contributed by atoms with Gasteiger partial charge in [-0.05, 0) is 17.7 Å². The van der Waals surface area contributed by atoms with Crippen molar-refractivity contribution in [2.24, 2.45) is 0 Å². The van der Waals surface area contributed by atoms with Crippen LogP contribution in [-0.2, 0) is 4.79 Å². The van der Waals surface area contributed by atoms with Crippen molar-refractivity contribution in [2.45, 2.75) is 12.5 Å². The Labute approximate surface area is 104 Å². The molecule has 0 heterocycles. The summed E-state index contributed by atoms with van der Waals surface area (Å²) in [6.45, 7) is 0.191. The van der Waals surface area contributed by atoms with Gasteiger partial charge in [-0.25, -0.2) is 0 Å². The molecule has 3 N–H and O–H groups in total. The number of carboxylic acid groups (broad SMARTS) is 1. The van der Waals surface area contributed by atoms with Crippen LogP contribution in [0.15, 0.2) is 18.2 Å². The molecule has 0 radical (unpaired) electrons. The minimum Gasteiger partial charge on any atom is -0.504 e. The Morgan fingerprint density at radius 1 is 1.61 bits per heavy atom. The summed E-state index contributed by atoms with van der Waals surface area (Å²) in [4.78, 5) is 10.4. The van der Waals surface area contributed by atoms with Gasteiger partial charge < -0.3 is 14.9 Å². The van der Waals surface area contributed by atoms with Gasteiger partial charge in [0.15, 0.2) is 11.5 Å². The standard InChI is InChI=1S/C12H14N2O4/c1-18-11-6-8(2-3-10(11)15)9(7-13)14-5-4-12(16)17/h2-3,6,9,14-15H,4-5H2,1H3,(H,16,17). The normalized spacial score (nSPS) is 11.6. The fourth-order valence-electron chi connectivity index (χ4n) is 1.44. The van der Waals surface area contributed by atoms with Gasteiger partial charge >= 0.3 is 5.97 Å². The van der Waals surface area contributed by atoms with Gasteiger partial charge in [-0.3, -0.25) is 10.1 Å². The van der Waals surface area contributed by atoms with Gasteiger partial charge in [0, 0.05) is 6.54 Å². The molecule has 1 rings (SSSR count). The molecular formula is C12H14N2O4. The molecule has 0 fully saturated rings. The minimum atomic E-state index is -0.928. The smallest absolute Gasteiger partial charge is 0.304 e. The van der Waals surface area contributed by atoms with Crippen LogP contribution in [0.2, 0.25) is 0 Å². The van der Waals surface area contributed by atoms with E-state index < -0.39 is 12.0 Å². The molecule has 0 saturated heterocycles. The molecule has 0 aliphatic carbocycles. The molecule has 18 heavy (non-hydrogen) atoms. The summed E-state index contributed by atoms with van der Waals surface area (Å²) in [6.07, 6.45) is -0.0621. The molecule has 0 aliphatic rings. The van der Waals surface area contributed by atoms with Gasteiger partial charge in [-0.2, -0.15) is 5.26 Å². The van der Waals surface area contributed by atoms with Crippen molar-refractivity contribution >= 4 is 5.97 Å². The number of nitriles is 1. The zero-order chi connectivity index (χ0) is 13.5. The van der Waals surface area contributed by atoms with Crippen LogP contribution >= 0.6 is 0 Å². The van der Waals surface area contributed by atoms with E-state index in [1.54, 1.807) is 6.07 Å². The monoisotopic (exact) mass is 250 g/mol. The SMILES string of the molecule is COc1cc(C(C#N)NCCC(=O)O)ccc1O. The van der Waals surface area contributed by atoms with Gasteiger partial charge in [0.2, 0.25) is 0 Å². The summed E-state index contributed by atoms with van der Waals surface area (Å²) >= 11 is 0. The molecule has 1 aromatic carbocycles. The molecule has 0 amide bonds. The second-order valence-electron chi connectivity index (χ2n) is 3.59. The maximum Gasteiger partial charge on any atom is 0.304 e. The molecule has 0 bridgehead atoms. The number of carboxylic acids is 1. The Morgan fingerprint density at radius 3 is 2.89 bits per heavy atom. The Kier molecular flexibility index (Phi) is 4.96. The van der Waals surface area contributed by atoms with Crippen LogP contribution in [0.25, 0.3) is 0 Å². The van der Waals surface area contributed by atoms with Crippen LogP contribution in [0.1, 0.15) is 18.0 Å². The quantitative estimate of drug-likeness (QED) is 0.696. The lowest BCUT2D eigenvalue weighted by atomic mass is 10.1. The van der Waals surface area contributed by atoms with Crippen LogP contribution < -0.4 is 10.1 Å². The molecule has 0 saturated carbocycles. The average Bonchev–Trinajstić information content (AvgIpc) is 2.35. The molecule has 6 heteroatoms. The number of methoxy groups -OCH3 is 1. The van der Waals surface area contributed by atoms with Crippen molar-refractivity contribution in [1.82, 2.24) is 5.32 Å². The highest BCUT2D eigenvalue weighted by Gasteiger charge is 2.13. The number of rotatable bonds is 6. The van der Waals surface area contributed by atoms with E-state index in [-0.39, 0.29) is 24.5 Å². The number of nitrogens with zero attached hydrogens (tertiary/aromatic N) is 1. The molecule has 1 atom stereocenters. The first-order valence-corrected chi connectivity index (χ1v) is 5.30. The molecule has 1 aromatic rings. The number of aromatic hydroxyl groups is 1. The number of ether oxygens (including phenoxy) is 1. The molecule has 0 spiro atoms. The summed E-state index contributed by atoms with van der Waals surface area (Å²) in [5.74, 6) is -0.668. The maximum atomic E-state index is 10.4. The van der Waals surface area contributed by atoms with Crippen LogP contribution in [0.4, 0.5) is 0 Å². The fourth-order valence-corrected chi connectivity index (χ4v) is 1.44. The van der Waals surface area contributed by atoms with Crippen molar-refractivity contribution in [1.29, 1.82) is 5.26 Å². The van der Waals surface area contributed by atoms with E-state index in [9.17, 15) is 9.90 Å². The highest BCUT2D eigenvalue weighted by atomic mass is 16.5. The largest absolute Gasteiger partial charge is 0.504 e. The topological polar surface area (TPSA) is 103 Å². The van der Waals surface area contributed by atoms with E-state index in [0.29, 0.717) is 5.56 Å². The molecule has 6 nitrogen and oxygen atoms in total. The Bertz CT molecular complexity index is 468. The number of nitrogens with one attached hydrogen (secondary N) is 1. The summed E-state index contributed by atoms with van der Waals surface area (Å²) < 4.78 is 4.94. The van der Waals surface area contributed by atoms with Gasteiger partial charge in [0.05, 0.1) is 19.6 Å². The first-order chi connectivity index (χ1) is 8.58. The predicted molar refractivity (Wildman–Crippen MR) is 63.3 cm³/mol. The van der Waals surface area contributed by atoms with Crippen LogP contribution in [0.5, 0.6) is 11.5 Å². The molecule has 0 aromatic heterocycles. The van der Waals surface area contributed by atoms with Gasteiger partial charge in [0.25, 0.3) is 0 Å². The zero-order valence-electron chi connectivity index (χ0n) is 9.88. The van der Waals surface area contributed by atoms with E-state index in [1.165, 1.54) is 19.2 Å². The van der Waals surface area contributed by atoms with E-state index in [0.717, 1.165) is 0 Å². The average molecular weight is 250 g/mol. The Hall–Kier alpha value is -2.26. The van der Waals surface area contributed by atoms with Crippen LogP contribution in [0, 0.1) is 11.3 Å². The first-order valence-electron chi connectivity index (χ1n) is 5.30. The van der Waals surface area contributed by atoms with Crippen LogP contribution in [0.3, 0.4) is 0 Å². The summed E-state index contributed by atoms with van der Waals surface area (Å²) in [5, 5.41) is 29.8. The highest BCUT2D eigenvalue weighted by Crippen LogP contribution is 2.28. The summed E-state index contributed by atoms with van der Waals surface area (Å²) in [7, 11) is 1.41. The van der Waals surface area contributed by atoms with Gasteiger partial charge in [0.1, 0.15) is 6.04 Å². The third-order valence-corrected chi connectivity index (χ3v) is 2.35. The molecular weight excluding hydrogens is 236 g/mol.